The third-order valence-electron chi connectivity index (χ3n) is 1.42. The first kappa shape index (κ1) is 10.1. The molecule has 0 aliphatic heterocycles. The second-order valence-corrected chi connectivity index (χ2v) is 2.38. The first-order valence-electron chi connectivity index (χ1n) is 4.07. The summed E-state index contributed by atoms with van der Waals surface area (Å²) in [5, 5.41) is 13.8. The molecule has 4 heteroatoms. The topological polar surface area (TPSA) is 47.7 Å². The summed E-state index contributed by atoms with van der Waals surface area (Å²) in [6.07, 6.45) is 0. The lowest BCUT2D eigenvalue weighted by Crippen LogP contribution is -2.01. The fraction of sp³-hybridized carbons (Fsp3) is 0.200. The van der Waals surface area contributed by atoms with Crippen LogP contribution in [0.2, 0.25) is 0 Å². The summed E-state index contributed by atoms with van der Waals surface area (Å²) in [6.45, 7) is 0.0374. The van der Waals surface area contributed by atoms with Gasteiger partial charge in [-0.05, 0) is 12.1 Å². The van der Waals surface area contributed by atoms with Crippen LogP contribution in [0.15, 0.2) is 35.4 Å². The SMILES string of the molecule is CN=[N+]([O-])OCC#Cc1ccccc1. The van der Waals surface area contributed by atoms with Gasteiger partial charge in [-0.3, -0.25) is 0 Å². The van der Waals surface area contributed by atoms with E-state index in [9.17, 15) is 5.21 Å². The zero-order chi connectivity index (χ0) is 10.2. The van der Waals surface area contributed by atoms with Crippen LogP contribution in [0.4, 0.5) is 0 Å². The van der Waals surface area contributed by atoms with Gasteiger partial charge in [-0.15, -0.1) is 0 Å². The largest absolute Gasteiger partial charge is 0.368 e. The Morgan fingerprint density at radius 2 is 2.14 bits per heavy atom. The van der Waals surface area contributed by atoms with Crippen molar-refractivity contribution in [3.05, 3.63) is 41.1 Å². The highest BCUT2D eigenvalue weighted by molar-refractivity contribution is 5.33. The van der Waals surface area contributed by atoms with Gasteiger partial charge >= 0.3 is 0 Å². The molecule has 0 aliphatic carbocycles. The van der Waals surface area contributed by atoms with E-state index in [0.717, 1.165) is 5.56 Å². The number of rotatable bonds is 2. The quantitative estimate of drug-likeness (QED) is 0.403. The molecule has 0 saturated heterocycles. The van der Waals surface area contributed by atoms with Crippen LogP contribution in [0.5, 0.6) is 0 Å². The maximum Gasteiger partial charge on any atom is 0.169 e. The lowest BCUT2D eigenvalue weighted by atomic mass is 10.2. The second-order valence-electron chi connectivity index (χ2n) is 2.38. The lowest BCUT2D eigenvalue weighted by Gasteiger charge is -1.94. The minimum absolute atomic E-state index is 0.0374. The summed E-state index contributed by atoms with van der Waals surface area (Å²) in [5.74, 6) is 5.53. The zero-order valence-electron chi connectivity index (χ0n) is 7.80. The third kappa shape index (κ3) is 3.59. The van der Waals surface area contributed by atoms with Crippen LogP contribution in [0.1, 0.15) is 5.56 Å². The Bertz CT molecular complexity index is 363. The first-order chi connectivity index (χ1) is 6.83. The van der Waals surface area contributed by atoms with Gasteiger partial charge in [0.05, 0.1) is 7.05 Å². The van der Waals surface area contributed by atoms with Gasteiger partial charge in [0, 0.05) is 10.7 Å². The molecule has 0 radical (unpaired) electrons. The van der Waals surface area contributed by atoms with Gasteiger partial charge < -0.3 is 4.84 Å². The number of hydrogen-bond donors (Lipinski definition) is 0. The van der Waals surface area contributed by atoms with Gasteiger partial charge in [-0.25, -0.2) is 5.21 Å². The van der Waals surface area contributed by atoms with Crippen molar-refractivity contribution >= 4 is 0 Å². The highest BCUT2D eigenvalue weighted by Gasteiger charge is 1.86. The van der Waals surface area contributed by atoms with E-state index in [0.29, 0.717) is 0 Å². The minimum Gasteiger partial charge on any atom is -0.368 e. The van der Waals surface area contributed by atoms with Gasteiger partial charge in [-0.1, -0.05) is 30.0 Å². The van der Waals surface area contributed by atoms with Gasteiger partial charge in [0.15, 0.2) is 5.02 Å². The van der Waals surface area contributed by atoms with Crippen molar-refractivity contribution in [3.63, 3.8) is 0 Å². The third-order valence-corrected chi connectivity index (χ3v) is 1.42. The molecule has 1 rings (SSSR count). The highest BCUT2D eigenvalue weighted by atomic mass is 16.9. The van der Waals surface area contributed by atoms with Crippen LogP contribution in [0.3, 0.4) is 0 Å². The molecule has 0 unspecified atom stereocenters. The smallest absolute Gasteiger partial charge is 0.169 e. The Balaban J connectivity index is 2.42. The van der Waals surface area contributed by atoms with E-state index >= 15 is 0 Å². The Morgan fingerprint density at radius 3 is 2.79 bits per heavy atom. The summed E-state index contributed by atoms with van der Waals surface area (Å²) >= 11 is 0. The normalized spacial score (nSPS) is 10.2. The van der Waals surface area contributed by atoms with Gasteiger partial charge in [0.1, 0.15) is 6.61 Å². The van der Waals surface area contributed by atoms with E-state index in [4.69, 9.17) is 0 Å². The molecule has 0 spiro atoms. The first-order valence-corrected chi connectivity index (χ1v) is 4.07. The molecule has 0 fully saturated rings. The van der Waals surface area contributed by atoms with E-state index in [2.05, 4.69) is 21.8 Å². The van der Waals surface area contributed by atoms with E-state index in [1.807, 2.05) is 30.3 Å². The fourth-order valence-corrected chi connectivity index (χ4v) is 0.805. The lowest BCUT2D eigenvalue weighted by molar-refractivity contribution is -0.787. The summed E-state index contributed by atoms with van der Waals surface area (Å²) in [5.41, 5.74) is 0.891. The molecule has 0 aliphatic rings. The summed E-state index contributed by atoms with van der Waals surface area (Å²) in [6, 6.07) is 9.47. The fourth-order valence-electron chi connectivity index (χ4n) is 0.805. The molecule has 0 heterocycles. The highest BCUT2D eigenvalue weighted by Crippen LogP contribution is 1.94. The average Bonchev–Trinajstić information content (AvgIpc) is 2.25. The maximum absolute atomic E-state index is 10.5. The van der Waals surface area contributed by atoms with Crippen LogP contribution in [0.25, 0.3) is 0 Å². The molecule has 14 heavy (non-hydrogen) atoms. The molecule has 0 atom stereocenters. The Kier molecular flexibility index (Phi) is 4.02. The average molecular weight is 190 g/mol. The molecule has 0 saturated carbocycles. The Labute approximate surface area is 82.4 Å². The van der Waals surface area contributed by atoms with Crippen molar-refractivity contribution in [2.45, 2.75) is 0 Å². The van der Waals surface area contributed by atoms with E-state index in [-0.39, 0.29) is 11.6 Å². The Morgan fingerprint density at radius 1 is 1.43 bits per heavy atom. The molecule has 0 bridgehead atoms. The molecule has 0 amide bonds. The molecular formula is C10H10N2O2. The van der Waals surface area contributed by atoms with Crippen LogP contribution < -0.4 is 0 Å². The molecule has 72 valence electrons. The van der Waals surface area contributed by atoms with Crippen molar-refractivity contribution in [2.24, 2.45) is 5.11 Å². The monoisotopic (exact) mass is 190 g/mol. The van der Waals surface area contributed by atoms with Crippen molar-refractivity contribution in [2.75, 3.05) is 13.7 Å². The molecule has 4 nitrogen and oxygen atoms in total. The number of nitrogens with zero attached hydrogens (tertiary/aromatic N) is 2. The van der Waals surface area contributed by atoms with Crippen molar-refractivity contribution in [1.29, 1.82) is 0 Å². The molecular weight excluding hydrogens is 180 g/mol. The van der Waals surface area contributed by atoms with E-state index in [1.165, 1.54) is 7.05 Å². The predicted molar refractivity (Wildman–Crippen MR) is 51.3 cm³/mol. The molecule has 0 N–H and O–H groups in total. The Hall–Kier alpha value is -2.02. The van der Waals surface area contributed by atoms with Crippen molar-refractivity contribution < 1.29 is 9.86 Å². The zero-order valence-corrected chi connectivity index (χ0v) is 7.80. The standard InChI is InChI=1S/C10H10N2O2/c1-11-12(13)14-9-5-8-10-6-3-2-4-7-10/h2-4,6-7H,9H2,1H3. The van der Waals surface area contributed by atoms with Gasteiger partial charge in [0.25, 0.3) is 0 Å². The van der Waals surface area contributed by atoms with E-state index < -0.39 is 0 Å². The van der Waals surface area contributed by atoms with Crippen LogP contribution in [-0.2, 0) is 4.84 Å². The van der Waals surface area contributed by atoms with Gasteiger partial charge in [0.2, 0.25) is 0 Å². The summed E-state index contributed by atoms with van der Waals surface area (Å²) < 4.78 is 0. The second kappa shape index (κ2) is 5.60. The minimum atomic E-state index is 0.0374. The van der Waals surface area contributed by atoms with Gasteiger partial charge in [-0.2, -0.15) is 0 Å². The van der Waals surface area contributed by atoms with Crippen LogP contribution in [0, 0.1) is 17.0 Å². The number of hydrogen-bond acceptors (Lipinski definition) is 3. The molecule has 0 aromatic heterocycles. The van der Waals surface area contributed by atoms with Crippen molar-refractivity contribution in [1.82, 2.24) is 0 Å². The van der Waals surface area contributed by atoms with Crippen LogP contribution in [-0.4, -0.2) is 18.7 Å². The summed E-state index contributed by atoms with van der Waals surface area (Å²) in [4.78, 5) is 4.55. The predicted octanol–water partition coefficient (Wildman–Crippen LogP) is 1.56. The van der Waals surface area contributed by atoms with Crippen molar-refractivity contribution in [3.8, 4) is 11.8 Å². The molecule has 1 aromatic rings. The summed E-state index contributed by atoms with van der Waals surface area (Å²) in [7, 11) is 1.34. The van der Waals surface area contributed by atoms with E-state index in [1.54, 1.807) is 0 Å². The molecule has 1 aromatic carbocycles. The number of benzene rings is 1. The maximum atomic E-state index is 10.5. The van der Waals surface area contributed by atoms with Crippen LogP contribution >= 0.6 is 0 Å².